The number of piperidine rings is 1. The van der Waals surface area contributed by atoms with E-state index in [9.17, 15) is 4.79 Å². The van der Waals surface area contributed by atoms with E-state index in [1.807, 2.05) is 6.07 Å². The van der Waals surface area contributed by atoms with Crippen molar-refractivity contribution in [2.45, 2.75) is 38.1 Å². The smallest absolute Gasteiger partial charge is 0.255 e. The fourth-order valence-electron chi connectivity index (χ4n) is 3.79. The number of hydrogen-bond acceptors (Lipinski definition) is 4. The number of nitrogens with one attached hydrogen (secondary N) is 1. The lowest BCUT2D eigenvalue weighted by molar-refractivity contribution is -0.118. The van der Waals surface area contributed by atoms with E-state index in [2.05, 4.69) is 73.7 Å². The molecular formula is C24H35N3O2. The SMILES string of the molecule is C=C/C=C(\C(=C)OC)C(=O)NCC1(c2ccccc2)CCN(N(C)C(C)C)CC1. The van der Waals surface area contributed by atoms with Gasteiger partial charge >= 0.3 is 0 Å². The summed E-state index contributed by atoms with van der Waals surface area (Å²) in [5, 5.41) is 7.84. The Balaban J connectivity index is 2.19. The van der Waals surface area contributed by atoms with Gasteiger partial charge in [0.25, 0.3) is 5.91 Å². The maximum atomic E-state index is 12.8. The molecule has 0 bridgehead atoms. The summed E-state index contributed by atoms with van der Waals surface area (Å²) in [5.41, 5.74) is 1.58. The third-order valence-corrected chi connectivity index (χ3v) is 5.94. The lowest BCUT2D eigenvalue weighted by atomic mass is 9.73. The van der Waals surface area contributed by atoms with Gasteiger partial charge < -0.3 is 10.1 Å². The van der Waals surface area contributed by atoms with Crippen molar-refractivity contribution in [3.05, 3.63) is 72.5 Å². The van der Waals surface area contributed by atoms with Crippen molar-refractivity contribution >= 4 is 5.91 Å². The second-order valence-electron chi connectivity index (χ2n) is 7.89. The Kier molecular flexibility index (Phi) is 8.23. The van der Waals surface area contributed by atoms with E-state index in [0.29, 0.717) is 23.9 Å². The highest BCUT2D eigenvalue weighted by atomic mass is 16.5. The van der Waals surface area contributed by atoms with Gasteiger partial charge in [0.05, 0.1) is 12.7 Å². The van der Waals surface area contributed by atoms with Crippen LogP contribution in [0.25, 0.3) is 0 Å². The Morgan fingerprint density at radius 2 is 1.93 bits per heavy atom. The Morgan fingerprint density at radius 1 is 1.31 bits per heavy atom. The molecule has 1 fully saturated rings. The first-order chi connectivity index (χ1) is 13.8. The number of hydrazine groups is 1. The van der Waals surface area contributed by atoms with Crippen LogP contribution in [0.4, 0.5) is 0 Å². The molecule has 1 aliphatic rings. The summed E-state index contributed by atoms with van der Waals surface area (Å²) in [6.45, 7) is 14.4. The molecule has 1 aromatic rings. The summed E-state index contributed by atoms with van der Waals surface area (Å²) < 4.78 is 5.17. The molecule has 0 saturated carbocycles. The monoisotopic (exact) mass is 397 g/mol. The summed E-state index contributed by atoms with van der Waals surface area (Å²) in [5.74, 6) is 0.151. The number of carbonyl (C=O) groups is 1. The first-order valence-corrected chi connectivity index (χ1v) is 10.2. The molecule has 1 heterocycles. The number of amides is 1. The number of rotatable bonds is 9. The van der Waals surface area contributed by atoms with E-state index in [0.717, 1.165) is 25.9 Å². The van der Waals surface area contributed by atoms with Crippen LogP contribution in [0.1, 0.15) is 32.3 Å². The zero-order chi connectivity index (χ0) is 21.4. The quantitative estimate of drug-likeness (QED) is 0.392. The molecule has 1 amide bonds. The van der Waals surface area contributed by atoms with Gasteiger partial charge in [-0.1, -0.05) is 49.6 Å². The normalized spacial score (nSPS) is 17.2. The molecule has 0 spiro atoms. The molecule has 0 radical (unpaired) electrons. The highest BCUT2D eigenvalue weighted by Crippen LogP contribution is 2.35. The fraction of sp³-hybridized carbons (Fsp3) is 0.458. The lowest BCUT2D eigenvalue weighted by Crippen LogP contribution is -2.54. The highest BCUT2D eigenvalue weighted by molar-refractivity contribution is 5.97. The topological polar surface area (TPSA) is 44.8 Å². The molecule has 0 aromatic heterocycles. The Morgan fingerprint density at radius 3 is 2.45 bits per heavy atom. The minimum atomic E-state index is -0.186. The Bertz CT molecular complexity index is 732. The molecular weight excluding hydrogens is 362 g/mol. The molecule has 5 nitrogen and oxygen atoms in total. The van der Waals surface area contributed by atoms with Crippen LogP contribution in [0.5, 0.6) is 0 Å². The zero-order valence-electron chi connectivity index (χ0n) is 18.3. The second kappa shape index (κ2) is 10.4. The zero-order valence-corrected chi connectivity index (χ0v) is 18.3. The van der Waals surface area contributed by atoms with Crippen LogP contribution in [0.15, 0.2) is 67.0 Å². The highest BCUT2D eigenvalue weighted by Gasteiger charge is 2.37. The molecule has 1 aromatic carbocycles. The molecule has 1 N–H and O–H groups in total. The summed E-state index contributed by atoms with van der Waals surface area (Å²) in [6, 6.07) is 11.0. The van der Waals surface area contributed by atoms with Crippen molar-refractivity contribution in [2.75, 3.05) is 33.8 Å². The molecule has 2 rings (SSSR count). The van der Waals surface area contributed by atoms with E-state index < -0.39 is 0 Å². The lowest BCUT2D eigenvalue weighted by Gasteiger charge is -2.46. The average Bonchev–Trinajstić information content (AvgIpc) is 2.75. The largest absolute Gasteiger partial charge is 0.497 e. The van der Waals surface area contributed by atoms with Gasteiger partial charge in [-0.3, -0.25) is 4.79 Å². The van der Waals surface area contributed by atoms with Crippen molar-refractivity contribution in [3.63, 3.8) is 0 Å². The third-order valence-electron chi connectivity index (χ3n) is 5.94. The molecule has 0 aliphatic carbocycles. The van der Waals surface area contributed by atoms with Crippen LogP contribution in [-0.2, 0) is 14.9 Å². The Hall–Kier alpha value is -2.37. The van der Waals surface area contributed by atoms with Gasteiger partial charge in [0.15, 0.2) is 0 Å². The summed E-state index contributed by atoms with van der Waals surface area (Å²) >= 11 is 0. The van der Waals surface area contributed by atoms with Crippen molar-refractivity contribution < 1.29 is 9.53 Å². The number of ether oxygens (including phenoxy) is 1. The van der Waals surface area contributed by atoms with E-state index in [4.69, 9.17) is 4.74 Å². The molecule has 29 heavy (non-hydrogen) atoms. The molecule has 1 saturated heterocycles. The van der Waals surface area contributed by atoms with E-state index in [1.165, 1.54) is 12.7 Å². The van der Waals surface area contributed by atoms with E-state index in [-0.39, 0.29) is 11.3 Å². The summed E-state index contributed by atoms with van der Waals surface area (Å²) in [4.78, 5) is 12.8. The number of benzene rings is 1. The van der Waals surface area contributed by atoms with Crippen LogP contribution in [-0.4, -0.2) is 55.8 Å². The van der Waals surface area contributed by atoms with Crippen LogP contribution in [0.2, 0.25) is 0 Å². The van der Waals surface area contributed by atoms with Gasteiger partial charge in [-0.05, 0) is 38.3 Å². The molecule has 5 heteroatoms. The third kappa shape index (κ3) is 5.58. The van der Waals surface area contributed by atoms with E-state index in [1.54, 1.807) is 12.2 Å². The Labute approximate surface area is 175 Å². The maximum absolute atomic E-state index is 12.8. The minimum Gasteiger partial charge on any atom is -0.497 e. The van der Waals surface area contributed by atoms with Crippen molar-refractivity contribution in [1.82, 2.24) is 15.3 Å². The van der Waals surface area contributed by atoms with Gasteiger partial charge in [-0.15, -0.1) is 0 Å². The first kappa shape index (κ1) is 22.9. The average molecular weight is 398 g/mol. The standard InChI is InChI=1S/C24H35N3O2/c1-7-11-22(20(4)29-6)23(28)25-18-24(21-12-9-8-10-13-21)14-16-27(17-15-24)26(5)19(2)3/h7-13,19H,1,4,14-18H2,2-3,5-6H3,(H,25,28)/b22-11+. The molecule has 0 unspecified atom stereocenters. The van der Waals surface area contributed by atoms with Gasteiger partial charge in [0.2, 0.25) is 0 Å². The van der Waals surface area contributed by atoms with Crippen molar-refractivity contribution in [3.8, 4) is 0 Å². The second-order valence-corrected chi connectivity index (χ2v) is 7.89. The molecule has 158 valence electrons. The van der Waals surface area contributed by atoms with Crippen molar-refractivity contribution in [1.29, 1.82) is 0 Å². The first-order valence-electron chi connectivity index (χ1n) is 10.2. The predicted octanol–water partition coefficient (Wildman–Crippen LogP) is 3.66. The van der Waals surface area contributed by atoms with Gasteiger partial charge in [0, 0.05) is 38.1 Å². The van der Waals surface area contributed by atoms with Crippen LogP contribution < -0.4 is 5.32 Å². The van der Waals surface area contributed by atoms with Gasteiger partial charge in [0.1, 0.15) is 5.76 Å². The van der Waals surface area contributed by atoms with Crippen LogP contribution in [0.3, 0.4) is 0 Å². The number of nitrogens with zero attached hydrogens (tertiary/aromatic N) is 2. The summed E-state index contributed by atoms with van der Waals surface area (Å²) in [7, 11) is 3.66. The molecule has 0 atom stereocenters. The molecule has 1 aliphatic heterocycles. The van der Waals surface area contributed by atoms with Gasteiger partial charge in [-0.25, -0.2) is 10.0 Å². The predicted molar refractivity (Wildman–Crippen MR) is 119 cm³/mol. The minimum absolute atomic E-state index is 0.0983. The summed E-state index contributed by atoms with van der Waals surface area (Å²) in [6.07, 6.45) is 5.16. The number of methoxy groups -OCH3 is 1. The number of carbonyl (C=O) groups excluding carboxylic acids is 1. The number of hydrogen-bond donors (Lipinski definition) is 1. The van der Waals surface area contributed by atoms with Gasteiger partial charge in [-0.2, -0.15) is 0 Å². The van der Waals surface area contributed by atoms with Crippen LogP contribution in [0, 0.1) is 0 Å². The van der Waals surface area contributed by atoms with Crippen molar-refractivity contribution in [2.24, 2.45) is 0 Å². The van der Waals surface area contributed by atoms with Crippen LogP contribution >= 0.6 is 0 Å². The maximum Gasteiger partial charge on any atom is 0.255 e. The number of allylic oxidation sites excluding steroid dienone is 2. The van der Waals surface area contributed by atoms with E-state index >= 15 is 0 Å². The fourth-order valence-corrected chi connectivity index (χ4v) is 3.79.